The molecule has 1 aliphatic heterocycles. The predicted octanol–water partition coefficient (Wildman–Crippen LogP) is 3.26. The number of esters is 1. The van der Waals surface area contributed by atoms with Crippen LogP contribution in [0.15, 0.2) is 72.8 Å². The van der Waals surface area contributed by atoms with E-state index in [0.29, 0.717) is 25.7 Å². The Labute approximate surface area is 224 Å². The monoisotopic (exact) mass is 522 g/mol. The predicted molar refractivity (Wildman–Crippen MR) is 144 cm³/mol. The van der Waals surface area contributed by atoms with Gasteiger partial charge in [-0.1, -0.05) is 72.8 Å². The molecule has 8 heteroatoms. The first-order valence-electron chi connectivity index (χ1n) is 13.1. The molecule has 2 aromatic carbocycles. The Balaban J connectivity index is 1.76. The molecule has 38 heavy (non-hydrogen) atoms. The summed E-state index contributed by atoms with van der Waals surface area (Å²) in [7, 11) is 1.52. The molecule has 0 unspecified atom stereocenters. The molecule has 0 saturated heterocycles. The Morgan fingerprint density at radius 3 is 2.50 bits per heavy atom. The normalized spacial score (nSPS) is 21.7. The Morgan fingerprint density at radius 2 is 1.82 bits per heavy atom. The number of carbonyl (C=O) groups excluding carboxylic acids is 3. The molecule has 2 amide bonds. The first kappa shape index (κ1) is 29.1. The van der Waals surface area contributed by atoms with Gasteiger partial charge in [0.2, 0.25) is 11.8 Å². The number of methoxy groups -OCH3 is 1. The van der Waals surface area contributed by atoms with E-state index < -0.39 is 24.1 Å². The fourth-order valence-electron chi connectivity index (χ4n) is 4.51. The lowest BCUT2D eigenvalue weighted by Crippen LogP contribution is -2.47. The number of hydrogen-bond donors (Lipinski definition) is 3. The van der Waals surface area contributed by atoms with Gasteiger partial charge in [0.1, 0.15) is 6.10 Å². The highest BCUT2D eigenvalue weighted by molar-refractivity contribution is 5.86. The van der Waals surface area contributed by atoms with Crippen LogP contribution in [0.5, 0.6) is 0 Å². The number of hydrogen-bond acceptors (Lipinski definition) is 6. The summed E-state index contributed by atoms with van der Waals surface area (Å²) in [5, 5.41) is 15.7. The number of carbonyl (C=O) groups is 3. The molecule has 0 radical (unpaired) electrons. The summed E-state index contributed by atoms with van der Waals surface area (Å²) in [6.07, 6.45) is 5.43. The van der Waals surface area contributed by atoms with Crippen molar-refractivity contribution in [3.05, 3.63) is 83.9 Å². The zero-order chi connectivity index (χ0) is 27.2. The molecule has 1 aliphatic rings. The lowest BCUT2D eigenvalue weighted by Gasteiger charge is -2.29. The largest absolute Gasteiger partial charge is 0.455 e. The van der Waals surface area contributed by atoms with Gasteiger partial charge in [-0.15, -0.1) is 0 Å². The molecule has 8 nitrogen and oxygen atoms in total. The first-order valence-corrected chi connectivity index (χ1v) is 13.1. The van der Waals surface area contributed by atoms with Crippen molar-refractivity contribution in [1.82, 2.24) is 10.6 Å². The van der Waals surface area contributed by atoms with Crippen LogP contribution >= 0.6 is 0 Å². The summed E-state index contributed by atoms with van der Waals surface area (Å²) in [5.74, 6) is -1.63. The molecule has 0 bridgehead atoms. The van der Waals surface area contributed by atoms with Crippen molar-refractivity contribution >= 4 is 17.8 Å². The molecule has 204 valence electrons. The van der Waals surface area contributed by atoms with Crippen molar-refractivity contribution in [3.63, 3.8) is 0 Å². The summed E-state index contributed by atoms with van der Waals surface area (Å²) in [4.78, 5) is 39.0. The van der Waals surface area contributed by atoms with Gasteiger partial charge in [-0.05, 0) is 36.8 Å². The number of benzene rings is 2. The maximum Gasteiger partial charge on any atom is 0.306 e. The second kappa shape index (κ2) is 15.7. The second-order valence-electron chi connectivity index (χ2n) is 9.53. The third-order valence-electron chi connectivity index (χ3n) is 6.48. The molecule has 0 spiro atoms. The first-order chi connectivity index (χ1) is 18.5. The molecule has 3 rings (SSSR count). The van der Waals surface area contributed by atoms with E-state index in [1.54, 1.807) is 0 Å². The van der Waals surface area contributed by atoms with Gasteiger partial charge in [-0.25, -0.2) is 0 Å². The molecule has 2 aromatic rings. The van der Waals surface area contributed by atoms with Crippen LogP contribution < -0.4 is 10.6 Å². The Morgan fingerprint density at radius 1 is 1.11 bits per heavy atom. The SMILES string of the molecule is COC[C@@H]1NC(=O)[C@@H](CC(=O)N[C@@H](CO)Cc2ccccc2)CC=CCCCC(=O)O[C@H]1c1ccccc1. The molecule has 0 fully saturated rings. The number of aliphatic hydroxyl groups is 1. The van der Waals surface area contributed by atoms with Crippen LogP contribution in [0.4, 0.5) is 0 Å². The van der Waals surface area contributed by atoms with Gasteiger partial charge in [0.15, 0.2) is 0 Å². The van der Waals surface area contributed by atoms with Crippen LogP contribution in [0.2, 0.25) is 0 Å². The summed E-state index contributed by atoms with van der Waals surface area (Å²) in [6, 6.07) is 17.8. The van der Waals surface area contributed by atoms with Gasteiger partial charge in [-0.3, -0.25) is 14.4 Å². The maximum atomic E-state index is 13.5. The molecule has 0 aliphatic carbocycles. The molecule has 0 saturated carbocycles. The highest BCUT2D eigenvalue weighted by atomic mass is 16.5. The number of rotatable bonds is 9. The van der Waals surface area contributed by atoms with E-state index in [1.807, 2.05) is 72.8 Å². The van der Waals surface area contributed by atoms with Crippen molar-refractivity contribution in [1.29, 1.82) is 0 Å². The minimum absolute atomic E-state index is 0.0447. The van der Waals surface area contributed by atoms with Gasteiger partial charge in [0.25, 0.3) is 0 Å². The van der Waals surface area contributed by atoms with E-state index in [4.69, 9.17) is 9.47 Å². The van der Waals surface area contributed by atoms with E-state index in [1.165, 1.54) is 7.11 Å². The Kier molecular flexibility index (Phi) is 12.0. The van der Waals surface area contributed by atoms with E-state index in [9.17, 15) is 19.5 Å². The van der Waals surface area contributed by atoms with Crippen molar-refractivity contribution in [2.45, 2.75) is 56.7 Å². The third kappa shape index (κ3) is 9.43. The highest BCUT2D eigenvalue weighted by Crippen LogP contribution is 2.24. The number of amides is 2. The van der Waals surface area contributed by atoms with Crippen LogP contribution in [-0.4, -0.2) is 55.3 Å². The quantitative estimate of drug-likeness (QED) is 0.344. The molecule has 0 aromatic heterocycles. The van der Waals surface area contributed by atoms with Crippen LogP contribution in [0, 0.1) is 5.92 Å². The number of nitrogens with one attached hydrogen (secondary N) is 2. The number of aliphatic hydroxyl groups excluding tert-OH is 1. The molecular weight excluding hydrogens is 484 g/mol. The molecule has 3 N–H and O–H groups in total. The molecule has 4 atom stereocenters. The van der Waals surface area contributed by atoms with Gasteiger partial charge in [-0.2, -0.15) is 0 Å². The fourth-order valence-corrected chi connectivity index (χ4v) is 4.51. The van der Waals surface area contributed by atoms with Crippen molar-refractivity contribution in [3.8, 4) is 0 Å². The average Bonchev–Trinajstić information content (AvgIpc) is 2.93. The standard InChI is InChI=1S/C30H38N2O6/c1-37-21-26-29(23-14-9-5-10-15-23)38-28(35)17-11-3-2-8-16-24(30(36)32-26)19-27(34)31-25(20-33)18-22-12-6-4-7-13-22/h2,4-10,12-15,24-26,29,33H,3,11,16-21H2,1H3,(H,31,34)(H,32,36)/t24-,25-,26+,29+/m1/s1. The van der Waals surface area contributed by atoms with E-state index in [2.05, 4.69) is 10.6 Å². The van der Waals surface area contributed by atoms with Crippen LogP contribution in [0.1, 0.15) is 49.3 Å². The maximum absolute atomic E-state index is 13.5. The van der Waals surface area contributed by atoms with Crippen molar-refractivity contribution in [2.24, 2.45) is 5.92 Å². The van der Waals surface area contributed by atoms with E-state index in [0.717, 1.165) is 11.1 Å². The average molecular weight is 523 g/mol. The summed E-state index contributed by atoms with van der Waals surface area (Å²) in [5.41, 5.74) is 1.75. The van der Waals surface area contributed by atoms with Gasteiger partial charge in [0, 0.05) is 20.0 Å². The number of ether oxygens (including phenoxy) is 2. The van der Waals surface area contributed by atoms with Crippen LogP contribution in [-0.2, 0) is 30.3 Å². The van der Waals surface area contributed by atoms with E-state index >= 15 is 0 Å². The molecule has 1 heterocycles. The van der Waals surface area contributed by atoms with E-state index in [-0.39, 0.29) is 43.8 Å². The lowest BCUT2D eigenvalue weighted by atomic mass is 9.96. The van der Waals surface area contributed by atoms with Crippen LogP contribution in [0.25, 0.3) is 0 Å². The summed E-state index contributed by atoms with van der Waals surface area (Å²) in [6.45, 7) is -0.0889. The van der Waals surface area contributed by atoms with Gasteiger partial charge < -0.3 is 25.2 Å². The topological polar surface area (TPSA) is 114 Å². The Bertz CT molecular complexity index is 1040. The lowest BCUT2D eigenvalue weighted by molar-refractivity contribution is -0.153. The highest BCUT2D eigenvalue weighted by Gasteiger charge is 2.31. The molecular formula is C30H38N2O6. The summed E-state index contributed by atoms with van der Waals surface area (Å²) >= 11 is 0. The van der Waals surface area contributed by atoms with Crippen molar-refractivity contribution in [2.75, 3.05) is 20.3 Å². The second-order valence-corrected chi connectivity index (χ2v) is 9.53. The minimum atomic E-state index is -0.736. The van der Waals surface area contributed by atoms with Crippen molar-refractivity contribution < 1.29 is 29.0 Å². The zero-order valence-corrected chi connectivity index (χ0v) is 21.9. The fraction of sp³-hybridized carbons (Fsp3) is 0.433. The van der Waals surface area contributed by atoms with Gasteiger partial charge in [0.05, 0.1) is 31.2 Å². The minimum Gasteiger partial charge on any atom is -0.455 e. The third-order valence-corrected chi connectivity index (χ3v) is 6.48. The van der Waals surface area contributed by atoms with Crippen LogP contribution in [0.3, 0.4) is 0 Å². The number of allylic oxidation sites excluding steroid dienone is 2. The Hall–Kier alpha value is -3.49. The van der Waals surface area contributed by atoms with Gasteiger partial charge >= 0.3 is 5.97 Å². The number of cyclic esters (lactones) is 1. The zero-order valence-electron chi connectivity index (χ0n) is 21.9. The smallest absolute Gasteiger partial charge is 0.306 e. The summed E-state index contributed by atoms with van der Waals surface area (Å²) < 4.78 is 11.2.